The van der Waals surface area contributed by atoms with Crippen molar-refractivity contribution in [1.82, 2.24) is 24.7 Å². The van der Waals surface area contributed by atoms with Crippen molar-refractivity contribution in [3.63, 3.8) is 0 Å². The van der Waals surface area contributed by atoms with Crippen molar-refractivity contribution in [2.24, 2.45) is 0 Å². The molecule has 0 bridgehead atoms. The van der Waals surface area contributed by atoms with E-state index >= 15 is 0 Å². The van der Waals surface area contributed by atoms with Crippen LogP contribution in [0.3, 0.4) is 0 Å². The average molecular weight is 460 g/mol. The summed E-state index contributed by atoms with van der Waals surface area (Å²) >= 11 is 1.34. The molecule has 0 saturated carbocycles. The molecule has 3 aromatic heterocycles. The molecule has 0 spiro atoms. The fraction of sp³-hybridized carbons (Fsp3) is 0.0833. The highest BCUT2D eigenvalue weighted by Crippen LogP contribution is 2.22. The van der Waals surface area contributed by atoms with E-state index in [1.165, 1.54) is 28.5 Å². The summed E-state index contributed by atoms with van der Waals surface area (Å²) in [4.78, 5) is 22.4. The standard InChI is InChI=1S/C24H18FN5O2S/c1-15-6-11-18(32-15)12-13-21-27-24(29-28-21)33-14-22-26-20-5-3-2-4-19(20)23(31)30(22)17-9-7-16(25)8-10-17/h2-13H,14H2,1H3,(H,27,28,29)/b13-12+. The van der Waals surface area contributed by atoms with Gasteiger partial charge in [-0.1, -0.05) is 23.9 Å². The van der Waals surface area contributed by atoms with E-state index in [9.17, 15) is 9.18 Å². The van der Waals surface area contributed by atoms with E-state index in [1.807, 2.05) is 25.1 Å². The first kappa shape index (κ1) is 20.9. The van der Waals surface area contributed by atoms with E-state index in [2.05, 4.69) is 15.2 Å². The van der Waals surface area contributed by atoms with E-state index in [-0.39, 0.29) is 11.4 Å². The zero-order valence-corrected chi connectivity index (χ0v) is 18.3. The van der Waals surface area contributed by atoms with Crippen LogP contribution >= 0.6 is 11.8 Å². The molecule has 0 unspecified atom stereocenters. The second-order valence-electron chi connectivity index (χ2n) is 7.24. The van der Waals surface area contributed by atoms with Gasteiger partial charge < -0.3 is 4.42 Å². The first-order valence-electron chi connectivity index (χ1n) is 10.1. The molecule has 1 N–H and O–H groups in total. The van der Waals surface area contributed by atoms with Crippen molar-refractivity contribution < 1.29 is 8.81 Å². The Morgan fingerprint density at radius 1 is 1.06 bits per heavy atom. The normalized spacial score (nSPS) is 11.6. The molecule has 9 heteroatoms. The third-order valence-corrected chi connectivity index (χ3v) is 5.75. The minimum Gasteiger partial charge on any atom is -0.462 e. The van der Waals surface area contributed by atoms with Crippen LogP contribution in [-0.2, 0) is 5.75 Å². The predicted molar refractivity (Wildman–Crippen MR) is 126 cm³/mol. The fourth-order valence-corrected chi connectivity index (χ4v) is 4.09. The molecule has 2 aromatic carbocycles. The average Bonchev–Trinajstić information content (AvgIpc) is 3.46. The number of rotatable bonds is 6. The molecule has 0 atom stereocenters. The minimum atomic E-state index is -0.373. The summed E-state index contributed by atoms with van der Waals surface area (Å²) < 4.78 is 20.5. The fourth-order valence-electron chi connectivity index (χ4n) is 3.36. The Kier molecular flexibility index (Phi) is 5.62. The van der Waals surface area contributed by atoms with Gasteiger partial charge >= 0.3 is 0 Å². The maximum atomic E-state index is 13.5. The van der Waals surface area contributed by atoms with Crippen LogP contribution in [0.25, 0.3) is 28.7 Å². The van der Waals surface area contributed by atoms with Gasteiger partial charge in [0, 0.05) is 0 Å². The van der Waals surface area contributed by atoms with Crippen LogP contribution in [0.2, 0.25) is 0 Å². The van der Waals surface area contributed by atoms with Crippen molar-refractivity contribution in [2.45, 2.75) is 17.8 Å². The van der Waals surface area contributed by atoms with Gasteiger partial charge in [0.05, 0.1) is 22.3 Å². The number of nitrogens with one attached hydrogen (secondary N) is 1. The molecule has 0 amide bonds. The lowest BCUT2D eigenvalue weighted by atomic mass is 10.2. The summed E-state index contributed by atoms with van der Waals surface area (Å²) in [6.45, 7) is 1.88. The number of fused-ring (bicyclic) bond motifs is 1. The Bertz CT molecular complexity index is 1520. The number of halogens is 1. The molecule has 0 saturated heterocycles. The minimum absolute atomic E-state index is 0.213. The molecule has 0 radical (unpaired) electrons. The maximum absolute atomic E-state index is 13.5. The third-order valence-electron chi connectivity index (χ3n) is 4.91. The summed E-state index contributed by atoms with van der Waals surface area (Å²) in [5, 5.41) is 8.11. The predicted octanol–water partition coefficient (Wildman–Crippen LogP) is 5.01. The van der Waals surface area contributed by atoms with Gasteiger partial charge in [-0.05, 0) is 67.6 Å². The van der Waals surface area contributed by atoms with Crippen LogP contribution < -0.4 is 5.56 Å². The Hall–Kier alpha value is -3.98. The number of nitrogens with zero attached hydrogens (tertiary/aromatic N) is 4. The van der Waals surface area contributed by atoms with E-state index in [0.717, 1.165) is 11.5 Å². The number of aryl methyl sites for hydroxylation is 1. The number of H-pyrrole nitrogens is 1. The summed E-state index contributed by atoms with van der Waals surface area (Å²) in [5.74, 6) is 2.62. The first-order chi connectivity index (χ1) is 16.1. The molecule has 33 heavy (non-hydrogen) atoms. The van der Waals surface area contributed by atoms with Crippen LogP contribution in [0.4, 0.5) is 4.39 Å². The number of furan rings is 1. The SMILES string of the molecule is Cc1ccc(/C=C/c2nc(SCc3nc4ccccc4c(=O)n3-c3ccc(F)cc3)n[nH]2)o1. The lowest BCUT2D eigenvalue weighted by Gasteiger charge is -2.13. The van der Waals surface area contributed by atoms with E-state index in [1.54, 1.807) is 42.5 Å². The van der Waals surface area contributed by atoms with Crippen LogP contribution in [0.5, 0.6) is 0 Å². The van der Waals surface area contributed by atoms with Crippen LogP contribution in [-0.4, -0.2) is 24.7 Å². The summed E-state index contributed by atoms with van der Waals surface area (Å²) in [6.07, 6.45) is 3.58. The molecular formula is C24H18FN5O2S. The summed E-state index contributed by atoms with van der Waals surface area (Å²) in [5.41, 5.74) is 0.932. The largest absolute Gasteiger partial charge is 0.462 e. The van der Waals surface area contributed by atoms with Gasteiger partial charge in [0.15, 0.2) is 0 Å². The number of hydrogen-bond acceptors (Lipinski definition) is 6. The molecule has 5 aromatic rings. The van der Waals surface area contributed by atoms with Crippen LogP contribution in [0.1, 0.15) is 23.2 Å². The Labute approximate surface area is 192 Å². The van der Waals surface area contributed by atoms with Crippen LogP contribution in [0, 0.1) is 12.7 Å². The number of aromatic nitrogens is 5. The third kappa shape index (κ3) is 4.49. The quantitative estimate of drug-likeness (QED) is 0.359. The van der Waals surface area contributed by atoms with Gasteiger partial charge in [-0.3, -0.25) is 14.5 Å². The number of aromatic amines is 1. The molecular weight excluding hydrogens is 441 g/mol. The van der Waals surface area contributed by atoms with Gasteiger partial charge in [0.25, 0.3) is 5.56 Å². The van der Waals surface area contributed by atoms with Crippen molar-refractivity contribution in [2.75, 3.05) is 0 Å². The zero-order valence-electron chi connectivity index (χ0n) is 17.5. The highest BCUT2D eigenvalue weighted by Gasteiger charge is 2.14. The monoisotopic (exact) mass is 459 g/mol. The molecule has 7 nitrogen and oxygen atoms in total. The zero-order chi connectivity index (χ0) is 22.8. The summed E-state index contributed by atoms with van der Waals surface area (Å²) in [6, 6.07) is 16.7. The lowest BCUT2D eigenvalue weighted by molar-refractivity contribution is 0.525. The smallest absolute Gasteiger partial charge is 0.265 e. The molecule has 3 heterocycles. The highest BCUT2D eigenvalue weighted by atomic mass is 32.2. The molecule has 0 aliphatic rings. The van der Waals surface area contributed by atoms with Crippen molar-refractivity contribution in [1.29, 1.82) is 0 Å². The van der Waals surface area contributed by atoms with Gasteiger partial charge in [-0.25, -0.2) is 14.4 Å². The molecule has 0 fully saturated rings. The topological polar surface area (TPSA) is 89.6 Å². The first-order valence-corrected chi connectivity index (χ1v) is 11.1. The lowest BCUT2D eigenvalue weighted by Crippen LogP contribution is -2.23. The van der Waals surface area contributed by atoms with Gasteiger partial charge in [-0.2, -0.15) is 0 Å². The van der Waals surface area contributed by atoms with Crippen molar-refractivity contribution >= 4 is 34.8 Å². The van der Waals surface area contributed by atoms with Gasteiger partial charge in [-0.15, -0.1) is 5.10 Å². The number of thioether (sulfide) groups is 1. The second kappa shape index (κ2) is 8.87. The molecule has 0 aliphatic heterocycles. The van der Waals surface area contributed by atoms with E-state index in [0.29, 0.717) is 39.1 Å². The van der Waals surface area contributed by atoms with E-state index in [4.69, 9.17) is 9.40 Å². The van der Waals surface area contributed by atoms with Crippen molar-refractivity contribution in [3.05, 3.63) is 100 Å². The Morgan fingerprint density at radius 3 is 2.67 bits per heavy atom. The number of para-hydroxylation sites is 1. The molecule has 164 valence electrons. The molecule has 0 aliphatic carbocycles. The number of benzene rings is 2. The Balaban J connectivity index is 1.43. The van der Waals surface area contributed by atoms with Gasteiger partial charge in [0.2, 0.25) is 5.16 Å². The highest BCUT2D eigenvalue weighted by molar-refractivity contribution is 7.98. The van der Waals surface area contributed by atoms with Crippen LogP contribution in [0.15, 0.2) is 75.0 Å². The van der Waals surface area contributed by atoms with E-state index < -0.39 is 0 Å². The Morgan fingerprint density at radius 2 is 1.88 bits per heavy atom. The van der Waals surface area contributed by atoms with Crippen molar-refractivity contribution in [3.8, 4) is 5.69 Å². The summed E-state index contributed by atoms with van der Waals surface area (Å²) in [7, 11) is 0. The number of hydrogen-bond donors (Lipinski definition) is 1. The second-order valence-corrected chi connectivity index (χ2v) is 8.18. The maximum Gasteiger partial charge on any atom is 0.265 e. The molecule has 5 rings (SSSR count). The van der Waals surface area contributed by atoms with Gasteiger partial charge in [0.1, 0.15) is 29.0 Å².